The van der Waals surface area contributed by atoms with E-state index in [0.717, 1.165) is 23.0 Å². The first-order valence-electron chi connectivity index (χ1n) is 6.56. The van der Waals surface area contributed by atoms with Crippen LogP contribution < -0.4 is 10.0 Å². The van der Waals surface area contributed by atoms with Crippen molar-refractivity contribution in [2.75, 3.05) is 0 Å². The molecular formula is C13H14NO7PS3. The molecule has 0 fully saturated rings. The predicted molar refractivity (Wildman–Crippen MR) is 95.1 cm³/mol. The molecule has 2 rings (SSSR count). The van der Waals surface area contributed by atoms with Gasteiger partial charge in [0, 0.05) is 6.54 Å². The molecule has 2 atom stereocenters. The summed E-state index contributed by atoms with van der Waals surface area (Å²) in [6, 6.07) is 9.50. The lowest BCUT2D eigenvalue weighted by molar-refractivity contribution is 0.480. The van der Waals surface area contributed by atoms with Gasteiger partial charge in [0.1, 0.15) is 11.0 Å². The molecule has 0 amide bonds. The summed E-state index contributed by atoms with van der Waals surface area (Å²) >= 11 is 0. The molecule has 0 aliphatic heterocycles. The van der Waals surface area contributed by atoms with Crippen LogP contribution in [-0.4, -0.2) is 30.1 Å². The smallest absolute Gasteiger partial charge is 0.282 e. The second-order valence-corrected chi connectivity index (χ2v) is 9.73. The Labute approximate surface area is 150 Å². The first-order valence-corrected chi connectivity index (χ1v) is 11.2. The maximum Gasteiger partial charge on any atom is 0.294 e. The van der Waals surface area contributed by atoms with E-state index in [2.05, 4.69) is 14.0 Å². The highest BCUT2D eigenvalue weighted by Crippen LogP contribution is 2.21. The molecular weight excluding hydrogens is 409 g/mol. The minimum Gasteiger partial charge on any atom is -0.282 e. The average molecular weight is 423 g/mol. The van der Waals surface area contributed by atoms with E-state index in [-0.39, 0.29) is 11.4 Å². The molecule has 0 aromatic heterocycles. The topological polar surface area (TPSA) is 138 Å². The lowest BCUT2D eigenvalue weighted by Gasteiger charge is -2.08. The van der Waals surface area contributed by atoms with E-state index in [4.69, 9.17) is 9.11 Å². The van der Waals surface area contributed by atoms with Crippen LogP contribution in [0.5, 0.6) is 0 Å². The zero-order valence-corrected chi connectivity index (χ0v) is 16.1. The Bertz CT molecular complexity index is 968. The second kappa shape index (κ2) is 7.58. The molecule has 12 heteroatoms. The quantitative estimate of drug-likeness (QED) is 0.454. The van der Waals surface area contributed by atoms with Crippen LogP contribution in [0.4, 0.5) is 0 Å². The molecule has 0 bridgehead atoms. The van der Waals surface area contributed by atoms with Crippen molar-refractivity contribution in [2.24, 2.45) is 0 Å². The van der Waals surface area contributed by atoms with E-state index < -0.39 is 41.0 Å². The Balaban J connectivity index is 2.33. The van der Waals surface area contributed by atoms with Crippen molar-refractivity contribution >= 4 is 45.8 Å². The number of hydrogen-bond donors (Lipinski definition) is 3. The second-order valence-electron chi connectivity index (χ2n) is 4.92. The third-order valence-electron chi connectivity index (χ3n) is 3.05. The summed E-state index contributed by atoms with van der Waals surface area (Å²) in [4.78, 5) is -1.81. The van der Waals surface area contributed by atoms with Gasteiger partial charge >= 0.3 is 0 Å². The van der Waals surface area contributed by atoms with Crippen molar-refractivity contribution in [3.05, 3.63) is 48.0 Å². The van der Waals surface area contributed by atoms with E-state index >= 15 is 0 Å². The molecule has 0 saturated carbocycles. The molecule has 25 heavy (non-hydrogen) atoms. The van der Waals surface area contributed by atoms with Crippen LogP contribution in [0.15, 0.2) is 57.2 Å². The van der Waals surface area contributed by atoms with E-state index in [1.807, 2.05) is 12.1 Å². The highest BCUT2D eigenvalue weighted by atomic mass is 32.2. The van der Waals surface area contributed by atoms with Gasteiger partial charge in [0.05, 0.1) is 14.7 Å². The fourth-order valence-electron chi connectivity index (χ4n) is 1.82. The Morgan fingerprint density at radius 1 is 0.920 bits per heavy atom. The van der Waals surface area contributed by atoms with E-state index in [9.17, 15) is 21.0 Å². The van der Waals surface area contributed by atoms with Crippen LogP contribution >= 0.6 is 9.24 Å². The summed E-state index contributed by atoms with van der Waals surface area (Å²) in [5.41, 5.74) is 0.792. The number of nitrogens with one attached hydrogen (secondary N) is 1. The standard InChI is InChI=1S/C13H14NO7PS3/c15-23(14-8-9-1-3-10(22)4-2-9)11-5-12(24(16,17)18)7-13(6-11)25(19,20)21/h1-7,14H,8,22H2,(H,16,17,18)(H,19,20,21). The van der Waals surface area contributed by atoms with Gasteiger partial charge in [0.2, 0.25) is 0 Å². The van der Waals surface area contributed by atoms with Gasteiger partial charge in [-0.25, -0.2) is 8.93 Å². The van der Waals surface area contributed by atoms with Gasteiger partial charge in [0.25, 0.3) is 20.2 Å². The Kier molecular flexibility index (Phi) is 6.10. The average Bonchev–Trinajstić information content (AvgIpc) is 2.52. The molecule has 0 radical (unpaired) electrons. The maximum atomic E-state index is 12.3. The maximum absolute atomic E-state index is 12.3. The lowest BCUT2D eigenvalue weighted by atomic mass is 10.2. The molecule has 0 spiro atoms. The number of benzene rings is 2. The van der Waals surface area contributed by atoms with Crippen molar-refractivity contribution in [1.29, 1.82) is 0 Å². The summed E-state index contributed by atoms with van der Waals surface area (Å²) in [5, 5.41) is 0.962. The summed E-state index contributed by atoms with van der Waals surface area (Å²) in [7, 11) is -8.98. The zero-order chi connectivity index (χ0) is 18.8. The third kappa shape index (κ3) is 5.65. The summed E-state index contributed by atoms with van der Waals surface area (Å²) in [6.07, 6.45) is 0. The highest BCUT2D eigenvalue weighted by molar-refractivity contribution is 7.87. The third-order valence-corrected chi connectivity index (χ3v) is 6.17. The zero-order valence-electron chi connectivity index (χ0n) is 12.5. The van der Waals surface area contributed by atoms with Gasteiger partial charge in [-0.1, -0.05) is 24.3 Å². The minimum absolute atomic E-state index is 0.162. The van der Waals surface area contributed by atoms with Gasteiger partial charge in [-0.05, 0) is 29.1 Å². The van der Waals surface area contributed by atoms with Crippen LogP contribution in [0, 0.1) is 0 Å². The lowest BCUT2D eigenvalue weighted by Crippen LogP contribution is -2.18. The van der Waals surface area contributed by atoms with Crippen molar-refractivity contribution < 1.29 is 30.1 Å². The van der Waals surface area contributed by atoms with Crippen LogP contribution in [-0.2, 0) is 37.8 Å². The summed E-state index contributed by atoms with van der Waals surface area (Å²) in [6.45, 7) is 0.162. The van der Waals surface area contributed by atoms with Gasteiger partial charge < -0.3 is 0 Å². The highest BCUT2D eigenvalue weighted by Gasteiger charge is 2.20. The monoisotopic (exact) mass is 423 g/mol. The minimum atomic E-state index is -4.75. The van der Waals surface area contributed by atoms with Crippen LogP contribution in [0.3, 0.4) is 0 Å². The molecule has 2 aromatic carbocycles. The molecule has 3 N–H and O–H groups in total. The normalized spacial score (nSPS) is 13.6. The van der Waals surface area contributed by atoms with Crippen LogP contribution in [0.2, 0.25) is 0 Å². The molecule has 0 aliphatic rings. The van der Waals surface area contributed by atoms with E-state index in [1.54, 1.807) is 12.1 Å². The molecule has 136 valence electrons. The van der Waals surface area contributed by atoms with Crippen molar-refractivity contribution in [2.45, 2.75) is 21.2 Å². The van der Waals surface area contributed by atoms with Gasteiger partial charge in [-0.15, -0.1) is 9.24 Å². The summed E-state index contributed by atoms with van der Waals surface area (Å²) < 4.78 is 78.1. The van der Waals surface area contributed by atoms with Crippen LogP contribution in [0.25, 0.3) is 0 Å². The molecule has 0 saturated heterocycles. The van der Waals surface area contributed by atoms with Gasteiger partial charge in [-0.3, -0.25) is 9.11 Å². The largest absolute Gasteiger partial charge is 0.294 e. The van der Waals surface area contributed by atoms with Gasteiger partial charge in [0.15, 0.2) is 0 Å². The molecule has 0 aliphatic carbocycles. The predicted octanol–water partition coefficient (Wildman–Crippen LogP) is 0.493. The Hall–Kier alpha value is -1.20. The molecule has 2 unspecified atom stereocenters. The molecule has 0 heterocycles. The van der Waals surface area contributed by atoms with Crippen molar-refractivity contribution in [1.82, 2.24) is 4.72 Å². The Morgan fingerprint density at radius 2 is 1.40 bits per heavy atom. The molecule has 2 aromatic rings. The van der Waals surface area contributed by atoms with E-state index in [0.29, 0.717) is 6.07 Å². The number of hydrogen-bond acceptors (Lipinski definition) is 5. The number of rotatable bonds is 6. The summed E-state index contributed by atoms with van der Waals surface area (Å²) in [5.74, 6) is 0. The molecule has 8 nitrogen and oxygen atoms in total. The van der Waals surface area contributed by atoms with E-state index in [1.165, 1.54) is 0 Å². The van der Waals surface area contributed by atoms with Crippen LogP contribution in [0.1, 0.15) is 5.56 Å². The van der Waals surface area contributed by atoms with Crippen molar-refractivity contribution in [3.8, 4) is 0 Å². The van der Waals surface area contributed by atoms with Gasteiger partial charge in [-0.2, -0.15) is 16.8 Å². The SMILES string of the molecule is O=S(NCc1ccc(P)cc1)c1cc(S(=O)(=O)O)cc(S(=O)(=O)O)c1. The fourth-order valence-corrected chi connectivity index (χ4v) is 4.27. The first kappa shape index (κ1) is 20.1. The van der Waals surface area contributed by atoms with Crippen molar-refractivity contribution in [3.63, 3.8) is 0 Å². The Morgan fingerprint density at radius 3 is 1.84 bits per heavy atom. The fraction of sp³-hybridized carbons (Fsp3) is 0.0769. The first-order chi connectivity index (χ1) is 11.5.